The van der Waals surface area contributed by atoms with Gasteiger partial charge in [0.1, 0.15) is 0 Å². The first-order chi connectivity index (χ1) is 8.58. The van der Waals surface area contributed by atoms with Crippen LogP contribution >= 0.6 is 0 Å². The smallest absolute Gasteiger partial charge is 0.0699 e. The van der Waals surface area contributed by atoms with Crippen molar-refractivity contribution in [2.45, 2.75) is 52.7 Å². The highest BCUT2D eigenvalue weighted by Crippen LogP contribution is 2.15. The van der Waals surface area contributed by atoms with Gasteiger partial charge < -0.3 is 10.1 Å². The molecule has 0 saturated heterocycles. The number of hydrogen-bond donors (Lipinski definition) is 1. The number of rotatable bonds is 7. The zero-order valence-corrected chi connectivity index (χ0v) is 12.4. The maximum absolute atomic E-state index is 5.49. The van der Waals surface area contributed by atoms with Crippen molar-refractivity contribution in [1.29, 1.82) is 0 Å². The van der Waals surface area contributed by atoms with Crippen molar-refractivity contribution in [2.24, 2.45) is 0 Å². The summed E-state index contributed by atoms with van der Waals surface area (Å²) in [6.45, 7) is 9.71. The van der Waals surface area contributed by atoms with E-state index in [1.54, 1.807) is 7.11 Å². The molecule has 1 rings (SSSR count). The van der Waals surface area contributed by atoms with E-state index in [9.17, 15) is 0 Å². The number of methoxy groups -OCH3 is 1. The normalized spacial score (nSPS) is 14.5. The molecular formula is C16H27NO. The van der Waals surface area contributed by atoms with Gasteiger partial charge in [-0.25, -0.2) is 0 Å². The van der Waals surface area contributed by atoms with Crippen LogP contribution in [0.2, 0.25) is 0 Å². The summed E-state index contributed by atoms with van der Waals surface area (Å²) in [6, 6.07) is 7.06. The summed E-state index contributed by atoms with van der Waals surface area (Å²) in [5.74, 6) is 0. The van der Waals surface area contributed by atoms with E-state index in [2.05, 4.69) is 51.2 Å². The van der Waals surface area contributed by atoms with Crippen LogP contribution in [0, 0.1) is 13.8 Å². The lowest BCUT2D eigenvalue weighted by Gasteiger charge is -2.25. The highest BCUT2D eigenvalue weighted by atomic mass is 16.5. The first-order valence-corrected chi connectivity index (χ1v) is 6.90. The second-order valence-corrected chi connectivity index (χ2v) is 5.14. The second-order valence-electron chi connectivity index (χ2n) is 5.14. The summed E-state index contributed by atoms with van der Waals surface area (Å²) >= 11 is 0. The molecular weight excluding hydrogens is 222 g/mol. The van der Waals surface area contributed by atoms with E-state index in [0.29, 0.717) is 6.04 Å². The second kappa shape index (κ2) is 7.55. The fourth-order valence-electron chi connectivity index (χ4n) is 2.16. The van der Waals surface area contributed by atoms with Crippen LogP contribution in [0.5, 0.6) is 0 Å². The molecule has 0 radical (unpaired) electrons. The Kier molecular flexibility index (Phi) is 6.37. The minimum absolute atomic E-state index is 0.233. The van der Waals surface area contributed by atoms with Crippen LogP contribution in [0.1, 0.15) is 37.0 Å². The van der Waals surface area contributed by atoms with Crippen molar-refractivity contribution in [3.8, 4) is 0 Å². The van der Waals surface area contributed by atoms with Gasteiger partial charge in [-0.1, -0.05) is 30.7 Å². The molecule has 0 saturated carbocycles. The highest BCUT2D eigenvalue weighted by Gasteiger charge is 2.17. The first kappa shape index (κ1) is 15.2. The Morgan fingerprint density at radius 1 is 1.28 bits per heavy atom. The average molecular weight is 249 g/mol. The van der Waals surface area contributed by atoms with Crippen molar-refractivity contribution in [2.75, 3.05) is 13.7 Å². The molecule has 18 heavy (non-hydrogen) atoms. The van der Waals surface area contributed by atoms with Gasteiger partial charge in [-0.2, -0.15) is 0 Å². The van der Waals surface area contributed by atoms with E-state index < -0.39 is 0 Å². The van der Waals surface area contributed by atoms with E-state index in [0.717, 1.165) is 19.4 Å². The third-order valence-corrected chi connectivity index (χ3v) is 3.54. The molecule has 1 aromatic carbocycles. The summed E-state index contributed by atoms with van der Waals surface area (Å²) in [7, 11) is 1.79. The first-order valence-electron chi connectivity index (χ1n) is 6.90. The van der Waals surface area contributed by atoms with Crippen molar-refractivity contribution >= 4 is 0 Å². The summed E-state index contributed by atoms with van der Waals surface area (Å²) in [6.07, 6.45) is 2.42. The summed E-state index contributed by atoms with van der Waals surface area (Å²) in [5, 5.41) is 3.59. The van der Waals surface area contributed by atoms with Crippen molar-refractivity contribution < 1.29 is 4.74 Å². The number of nitrogens with one attached hydrogen (secondary N) is 1. The SMILES string of the molecule is CCCNC(Cc1cc(C)ccc1C)C(C)OC. The molecule has 102 valence electrons. The molecule has 2 heteroatoms. The Balaban J connectivity index is 2.77. The lowest BCUT2D eigenvalue weighted by Crippen LogP contribution is -2.41. The van der Waals surface area contributed by atoms with Crippen LogP contribution in [0.4, 0.5) is 0 Å². The maximum Gasteiger partial charge on any atom is 0.0699 e. The van der Waals surface area contributed by atoms with Crippen LogP contribution in [0.25, 0.3) is 0 Å². The zero-order chi connectivity index (χ0) is 13.5. The van der Waals surface area contributed by atoms with E-state index >= 15 is 0 Å². The van der Waals surface area contributed by atoms with Gasteiger partial charge in [-0.15, -0.1) is 0 Å². The van der Waals surface area contributed by atoms with Gasteiger partial charge in [0.25, 0.3) is 0 Å². The van der Waals surface area contributed by atoms with Crippen LogP contribution in [-0.4, -0.2) is 25.8 Å². The lowest BCUT2D eigenvalue weighted by molar-refractivity contribution is 0.0830. The minimum atomic E-state index is 0.233. The Labute approximate surface area is 112 Å². The molecule has 0 spiro atoms. The molecule has 1 N–H and O–H groups in total. The van der Waals surface area contributed by atoms with Gasteiger partial charge in [0.15, 0.2) is 0 Å². The third-order valence-electron chi connectivity index (χ3n) is 3.54. The molecule has 0 aliphatic rings. The molecule has 1 aromatic rings. The molecule has 0 aliphatic carbocycles. The van der Waals surface area contributed by atoms with Gasteiger partial charge in [-0.3, -0.25) is 0 Å². The Morgan fingerprint density at radius 2 is 2.00 bits per heavy atom. The highest BCUT2D eigenvalue weighted by molar-refractivity contribution is 5.31. The molecule has 0 heterocycles. The molecule has 0 bridgehead atoms. The number of benzene rings is 1. The van der Waals surface area contributed by atoms with Gasteiger partial charge in [-0.05, 0) is 51.3 Å². The summed E-state index contributed by atoms with van der Waals surface area (Å²) in [5.41, 5.74) is 4.12. The van der Waals surface area contributed by atoms with Crippen molar-refractivity contribution in [3.05, 3.63) is 34.9 Å². The van der Waals surface area contributed by atoms with E-state index in [1.807, 2.05) is 0 Å². The average Bonchev–Trinajstić information content (AvgIpc) is 2.37. The Hall–Kier alpha value is -0.860. The fourth-order valence-corrected chi connectivity index (χ4v) is 2.16. The predicted octanol–water partition coefficient (Wildman–Crippen LogP) is 3.25. The fraction of sp³-hybridized carbons (Fsp3) is 0.625. The summed E-state index contributed by atoms with van der Waals surface area (Å²) in [4.78, 5) is 0. The van der Waals surface area contributed by atoms with E-state index in [-0.39, 0.29) is 6.10 Å². The van der Waals surface area contributed by atoms with Crippen molar-refractivity contribution in [1.82, 2.24) is 5.32 Å². The van der Waals surface area contributed by atoms with E-state index in [1.165, 1.54) is 16.7 Å². The molecule has 2 nitrogen and oxygen atoms in total. The van der Waals surface area contributed by atoms with Crippen LogP contribution in [0.3, 0.4) is 0 Å². The molecule has 2 atom stereocenters. The number of ether oxygens (including phenoxy) is 1. The van der Waals surface area contributed by atoms with Crippen molar-refractivity contribution in [3.63, 3.8) is 0 Å². The monoisotopic (exact) mass is 249 g/mol. The van der Waals surface area contributed by atoms with Gasteiger partial charge >= 0.3 is 0 Å². The quantitative estimate of drug-likeness (QED) is 0.801. The molecule has 0 amide bonds. The zero-order valence-electron chi connectivity index (χ0n) is 12.4. The Bertz CT molecular complexity index is 362. The topological polar surface area (TPSA) is 21.3 Å². The largest absolute Gasteiger partial charge is 0.380 e. The Morgan fingerprint density at radius 3 is 2.61 bits per heavy atom. The van der Waals surface area contributed by atoms with Crippen LogP contribution < -0.4 is 5.32 Å². The van der Waals surface area contributed by atoms with Gasteiger partial charge in [0, 0.05) is 13.2 Å². The standard InChI is InChI=1S/C16H27NO/c1-6-9-17-16(14(4)18-5)11-15-10-12(2)7-8-13(15)3/h7-8,10,14,16-17H,6,9,11H2,1-5H3. The molecule has 0 aliphatic heterocycles. The molecule has 2 unspecified atom stereocenters. The molecule has 0 aromatic heterocycles. The van der Waals surface area contributed by atoms with Crippen LogP contribution in [-0.2, 0) is 11.2 Å². The maximum atomic E-state index is 5.49. The third kappa shape index (κ3) is 4.43. The van der Waals surface area contributed by atoms with Gasteiger partial charge in [0.05, 0.1) is 6.10 Å². The lowest BCUT2D eigenvalue weighted by atomic mass is 9.96. The minimum Gasteiger partial charge on any atom is -0.380 e. The summed E-state index contributed by atoms with van der Waals surface area (Å²) < 4.78 is 5.49. The predicted molar refractivity (Wildman–Crippen MR) is 78.2 cm³/mol. The van der Waals surface area contributed by atoms with Gasteiger partial charge in [0.2, 0.25) is 0 Å². The van der Waals surface area contributed by atoms with Crippen LogP contribution in [0.15, 0.2) is 18.2 Å². The number of aryl methyl sites for hydroxylation is 2. The van der Waals surface area contributed by atoms with E-state index in [4.69, 9.17) is 4.74 Å². The molecule has 0 fully saturated rings. The number of hydrogen-bond acceptors (Lipinski definition) is 2.